The van der Waals surface area contributed by atoms with E-state index < -0.39 is 5.82 Å². The Morgan fingerprint density at radius 1 is 0.931 bits per heavy atom. The molecule has 0 atom stereocenters. The Bertz CT molecular complexity index is 1050. The van der Waals surface area contributed by atoms with Gasteiger partial charge in [0.1, 0.15) is 5.82 Å². The summed E-state index contributed by atoms with van der Waals surface area (Å²) >= 11 is 13.2. The second-order valence-corrected chi connectivity index (χ2v) is 7.81. The number of amides is 2. The van der Waals surface area contributed by atoms with Gasteiger partial charge in [-0.3, -0.25) is 9.59 Å². The molecule has 0 saturated carbocycles. The Balaban J connectivity index is 1.54. The maximum Gasteiger partial charge on any atom is 0.257 e. The first-order valence-corrected chi connectivity index (χ1v) is 10.2. The normalized spacial score (nSPS) is 10.4. The van der Waals surface area contributed by atoms with Gasteiger partial charge in [0.05, 0.1) is 22.0 Å². The van der Waals surface area contributed by atoms with Gasteiger partial charge in [-0.05, 0) is 54.6 Å². The molecule has 29 heavy (non-hydrogen) atoms. The van der Waals surface area contributed by atoms with E-state index in [4.69, 9.17) is 23.2 Å². The number of carbonyl (C=O) groups is 2. The van der Waals surface area contributed by atoms with Crippen LogP contribution in [0.5, 0.6) is 0 Å². The van der Waals surface area contributed by atoms with Crippen molar-refractivity contribution in [3.05, 3.63) is 88.2 Å². The molecule has 0 spiro atoms. The monoisotopic (exact) mass is 448 g/mol. The third-order valence-corrected chi connectivity index (χ3v) is 5.37. The van der Waals surface area contributed by atoms with Gasteiger partial charge in [-0.2, -0.15) is 0 Å². The van der Waals surface area contributed by atoms with Crippen LogP contribution < -0.4 is 10.6 Å². The van der Waals surface area contributed by atoms with Crippen molar-refractivity contribution in [2.24, 2.45) is 0 Å². The molecule has 8 heteroatoms. The van der Waals surface area contributed by atoms with Gasteiger partial charge in [-0.15, -0.1) is 11.8 Å². The van der Waals surface area contributed by atoms with Gasteiger partial charge in [0.2, 0.25) is 5.91 Å². The molecular formula is C21H15Cl2FN2O2S. The van der Waals surface area contributed by atoms with E-state index in [1.807, 2.05) is 0 Å². The minimum atomic E-state index is -0.480. The van der Waals surface area contributed by atoms with Crippen LogP contribution in [0.15, 0.2) is 71.6 Å². The summed E-state index contributed by atoms with van der Waals surface area (Å²) in [5.74, 6) is -1.02. The Morgan fingerprint density at radius 3 is 2.34 bits per heavy atom. The Hall–Kier alpha value is -2.54. The van der Waals surface area contributed by atoms with Crippen LogP contribution in [-0.4, -0.2) is 17.6 Å². The number of benzene rings is 3. The zero-order valence-corrected chi connectivity index (χ0v) is 17.2. The van der Waals surface area contributed by atoms with Gasteiger partial charge in [0.25, 0.3) is 5.91 Å². The van der Waals surface area contributed by atoms with Crippen LogP contribution in [0.3, 0.4) is 0 Å². The molecule has 0 bridgehead atoms. The molecule has 0 aliphatic carbocycles. The highest BCUT2D eigenvalue weighted by Gasteiger charge is 2.11. The Kier molecular flexibility index (Phi) is 7.14. The van der Waals surface area contributed by atoms with Crippen LogP contribution in [0.25, 0.3) is 0 Å². The van der Waals surface area contributed by atoms with Crippen molar-refractivity contribution in [3.8, 4) is 0 Å². The van der Waals surface area contributed by atoms with Crippen LogP contribution in [0, 0.1) is 5.82 Å². The molecule has 0 aliphatic rings. The molecule has 0 unspecified atom stereocenters. The maximum absolute atomic E-state index is 13.6. The molecule has 3 aromatic carbocycles. The van der Waals surface area contributed by atoms with E-state index in [1.54, 1.807) is 48.5 Å². The van der Waals surface area contributed by atoms with Crippen molar-refractivity contribution >= 4 is 58.2 Å². The van der Waals surface area contributed by atoms with E-state index in [2.05, 4.69) is 10.6 Å². The van der Waals surface area contributed by atoms with E-state index in [1.165, 1.54) is 30.0 Å². The Morgan fingerprint density at radius 2 is 1.66 bits per heavy atom. The number of halogens is 3. The number of hydrogen-bond donors (Lipinski definition) is 2. The third kappa shape index (κ3) is 5.97. The van der Waals surface area contributed by atoms with Crippen LogP contribution in [0.2, 0.25) is 10.0 Å². The first kappa shape index (κ1) is 21.2. The summed E-state index contributed by atoms with van der Waals surface area (Å²) in [6.07, 6.45) is 0. The lowest BCUT2D eigenvalue weighted by Gasteiger charge is -2.09. The zero-order valence-electron chi connectivity index (χ0n) is 14.9. The van der Waals surface area contributed by atoms with Crippen LogP contribution >= 0.6 is 35.0 Å². The second-order valence-electron chi connectivity index (χ2n) is 5.92. The highest BCUT2D eigenvalue weighted by Crippen LogP contribution is 2.24. The van der Waals surface area contributed by atoms with Crippen LogP contribution in [0.4, 0.5) is 15.8 Å². The molecular weight excluding hydrogens is 434 g/mol. The minimum Gasteiger partial charge on any atom is -0.323 e. The fourth-order valence-corrected chi connectivity index (χ4v) is 3.60. The molecule has 0 aromatic heterocycles. The van der Waals surface area contributed by atoms with Crippen LogP contribution in [0.1, 0.15) is 10.4 Å². The summed E-state index contributed by atoms with van der Waals surface area (Å²) in [4.78, 5) is 25.1. The molecule has 3 rings (SSSR count). The number of rotatable bonds is 6. The number of anilines is 2. The van der Waals surface area contributed by atoms with Gasteiger partial charge < -0.3 is 10.6 Å². The smallest absolute Gasteiger partial charge is 0.257 e. The lowest BCUT2D eigenvalue weighted by molar-refractivity contribution is -0.113. The van der Waals surface area contributed by atoms with Crippen molar-refractivity contribution in [2.45, 2.75) is 4.90 Å². The molecule has 0 heterocycles. The molecule has 3 aromatic rings. The molecule has 0 saturated heterocycles. The molecule has 4 nitrogen and oxygen atoms in total. The fraction of sp³-hybridized carbons (Fsp3) is 0.0476. The molecule has 0 fully saturated rings. The summed E-state index contributed by atoms with van der Waals surface area (Å²) in [6.45, 7) is 0. The number of nitrogens with one attached hydrogen (secondary N) is 2. The molecule has 2 amide bonds. The van der Waals surface area contributed by atoms with Gasteiger partial charge >= 0.3 is 0 Å². The summed E-state index contributed by atoms with van der Waals surface area (Å²) < 4.78 is 13.6. The minimum absolute atomic E-state index is 0.125. The summed E-state index contributed by atoms with van der Waals surface area (Å²) in [5, 5.41) is 6.00. The summed E-state index contributed by atoms with van der Waals surface area (Å²) in [6, 6.07) is 17.6. The first-order valence-electron chi connectivity index (χ1n) is 8.46. The zero-order chi connectivity index (χ0) is 20.8. The van der Waals surface area contributed by atoms with Crippen molar-refractivity contribution in [1.82, 2.24) is 0 Å². The largest absolute Gasteiger partial charge is 0.323 e. The number of carbonyl (C=O) groups excluding carboxylic acids is 2. The fourth-order valence-electron chi connectivity index (χ4n) is 2.40. The lowest BCUT2D eigenvalue weighted by atomic mass is 10.2. The second kappa shape index (κ2) is 9.78. The quantitative estimate of drug-likeness (QED) is 0.446. The summed E-state index contributed by atoms with van der Waals surface area (Å²) in [5.41, 5.74) is 1.05. The van der Waals surface area contributed by atoms with Crippen molar-refractivity contribution < 1.29 is 14.0 Å². The van der Waals surface area contributed by atoms with Crippen LogP contribution in [-0.2, 0) is 4.79 Å². The average Bonchev–Trinajstić information content (AvgIpc) is 2.69. The van der Waals surface area contributed by atoms with Crippen molar-refractivity contribution in [2.75, 3.05) is 16.4 Å². The molecule has 148 valence electrons. The highest BCUT2D eigenvalue weighted by atomic mass is 35.5. The average molecular weight is 449 g/mol. The topological polar surface area (TPSA) is 58.2 Å². The molecule has 0 aliphatic heterocycles. The number of para-hydroxylation sites is 1. The molecule has 0 radical (unpaired) electrons. The van der Waals surface area contributed by atoms with E-state index in [0.717, 1.165) is 4.90 Å². The van der Waals surface area contributed by atoms with Crippen molar-refractivity contribution in [3.63, 3.8) is 0 Å². The summed E-state index contributed by atoms with van der Waals surface area (Å²) in [7, 11) is 0. The predicted octanol–water partition coefficient (Wildman–Crippen LogP) is 6.12. The highest BCUT2D eigenvalue weighted by molar-refractivity contribution is 8.00. The Labute approximate surface area is 181 Å². The van der Waals surface area contributed by atoms with Gasteiger partial charge in [0, 0.05) is 15.6 Å². The van der Waals surface area contributed by atoms with Gasteiger partial charge in [-0.25, -0.2) is 4.39 Å². The molecule has 2 N–H and O–H groups in total. The van der Waals surface area contributed by atoms with E-state index in [0.29, 0.717) is 16.3 Å². The maximum atomic E-state index is 13.6. The van der Waals surface area contributed by atoms with E-state index in [9.17, 15) is 14.0 Å². The predicted molar refractivity (Wildman–Crippen MR) is 117 cm³/mol. The van der Waals surface area contributed by atoms with Crippen molar-refractivity contribution in [1.29, 1.82) is 0 Å². The first-order chi connectivity index (χ1) is 13.9. The lowest BCUT2D eigenvalue weighted by Crippen LogP contribution is -2.15. The number of thioether (sulfide) groups is 1. The SMILES string of the molecule is O=C(CSc1ccc(NC(=O)c2ccc(Cl)cc2Cl)cc1)Nc1ccccc1F. The van der Waals surface area contributed by atoms with Gasteiger partial charge in [-0.1, -0.05) is 35.3 Å². The van der Waals surface area contributed by atoms with E-state index >= 15 is 0 Å². The third-order valence-electron chi connectivity index (χ3n) is 3.81. The van der Waals surface area contributed by atoms with E-state index in [-0.39, 0.29) is 28.3 Å². The number of hydrogen-bond acceptors (Lipinski definition) is 3. The standard InChI is InChI=1S/C21H15Cl2FN2O2S/c22-13-5-10-16(17(23)11-13)21(28)25-14-6-8-15(9-7-14)29-12-20(27)26-19-4-2-1-3-18(19)24/h1-11H,12H2,(H,25,28)(H,26,27). The van der Waals surface area contributed by atoms with Gasteiger partial charge in [0.15, 0.2) is 0 Å².